The summed E-state index contributed by atoms with van der Waals surface area (Å²) in [5, 5.41) is 8.08. The first-order valence-electron chi connectivity index (χ1n) is 9.54. The van der Waals surface area contributed by atoms with E-state index < -0.39 is 0 Å². The Morgan fingerprint density at radius 2 is 2.00 bits per heavy atom. The molecule has 3 aromatic rings. The smallest absolute Gasteiger partial charge is 0.258 e. The minimum absolute atomic E-state index is 0.271. The number of hydrogen-bond donors (Lipinski definition) is 1. The van der Waals surface area contributed by atoms with E-state index in [1.807, 2.05) is 43.0 Å². The summed E-state index contributed by atoms with van der Waals surface area (Å²) in [7, 11) is 1.63. The van der Waals surface area contributed by atoms with E-state index in [0.29, 0.717) is 28.9 Å². The number of halogens is 1. The normalized spacial score (nSPS) is 16.6. The van der Waals surface area contributed by atoms with Crippen molar-refractivity contribution in [3.63, 3.8) is 0 Å². The monoisotopic (exact) mass is 424 g/mol. The van der Waals surface area contributed by atoms with Gasteiger partial charge in [-0.2, -0.15) is 4.98 Å². The number of nitrogens with one attached hydrogen (secondary N) is 1. The van der Waals surface area contributed by atoms with Crippen LogP contribution >= 0.6 is 12.2 Å². The maximum atomic E-state index is 13.6. The molecule has 0 radical (unpaired) electrons. The molecule has 0 bridgehead atoms. The molecule has 1 unspecified atom stereocenters. The fourth-order valence-corrected chi connectivity index (χ4v) is 3.95. The molecule has 1 aliphatic rings. The van der Waals surface area contributed by atoms with Crippen LogP contribution in [0.2, 0.25) is 0 Å². The van der Waals surface area contributed by atoms with Crippen LogP contribution in [0.25, 0.3) is 17.0 Å². The molecule has 0 aliphatic carbocycles. The Kier molecular flexibility index (Phi) is 5.50. The predicted molar refractivity (Wildman–Crippen MR) is 116 cm³/mol. The first-order chi connectivity index (χ1) is 14.5. The number of hydrogen-bond acceptors (Lipinski definition) is 5. The largest absolute Gasteiger partial charge is 0.497 e. The van der Waals surface area contributed by atoms with Gasteiger partial charge >= 0.3 is 0 Å². The number of aromatic nitrogens is 2. The van der Waals surface area contributed by atoms with Gasteiger partial charge in [-0.05, 0) is 55.9 Å². The average molecular weight is 425 g/mol. The van der Waals surface area contributed by atoms with Crippen LogP contribution in [-0.4, -0.2) is 33.8 Å². The van der Waals surface area contributed by atoms with Crippen molar-refractivity contribution >= 4 is 22.9 Å². The molecule has 30 heavy (non-hydrogen) atoms. The number of benzene rings is 2. The molecule has 0 fully saturated rings. The first kappa shape index (κ1) is 20.0. The quantitative estimate of drug-likeness (QED) is 0.602. The Labute approximate surface area is 179 Å². The van der Waals surface area contributed by atoms with Gasteiger partial charge in [0.25, 0.3) is 5.89 Å². The Hall–Kier alpha value is -3.26. The summed E-state index contributed by atoms with van der Waals surface area (Å²) in [6, 6.07) is 13.6. The zero-order valence-corrected chi connectivity index (χ0v) is 17.7. The van der Waals surface area contributed by atoms with E-state index in [0.717, 1.165) is 22.6 Å². The lowest BCUT2D eigenvalue weighted by Crippen LogP contribution is -2.45. The summed E-state index contributed by atoms with van der Waals surface area (Å²) in [5.74, 6) is 1.10. The van der Waals surface area contributed by atoms with Crippen molar-refractivity contribution in [2.75, 3.05) is 13.7 Å². The zero-order chi connectivity index (χ0) is 21.3. The van der Waals surface area contributed by atoms with Gasteiger partial charge in [0.05, 0.1) is 18.7 Å². The fraction of sp³-hybridized carbons (Fsp3) is 0.227. The minimum atomic E-state index is -0.354. The van der Waals surface area contributed by atoms with Crippen molar-refractivity contribution in [1.82, 2.24) is 20.4 Å². The van der Waals surface area contributed by atoms with Crippen molar-refractivity contribution in [3.05, 3.63) is 71.5 Å². The SMILES string of the molecule is CCN1C(=S)NC(c2ccc(OC)cc2)C(c2nc(-c3cccc(F)c3)no2)=C1C. The molecule has 6 nitrogen and oxygen atoms in total. The average Bonchev–Trinajstić information content (AvgIpc) is 3.23. The summed E-state index contributed by atoms with van der Waals surface area (Å²) in [6.07, 6.45) is 0. The van der Waals surface area contributed by atoms with Crippen LogP contribution in [-0.2, 0) is 0 Å². The second-order valence-corrected chi connectivity index (χ2v) is 7.22. The van der Waals surface area contributed by atoms with Gasteiger partial charge in [-0.3, -0.25) is 0 Å². The highest BCUT2D eigenvalue weighted by molar-refractivity contribution is 7.80. The third-order valence-corrected chi connectivity index (χ3v) is 5.44. The van der Waals surface area contributed by atoms with Crippen LogP contribution in [0.5, 0.6) is 5.75 Å². The second-order valence-electron chi connectivity index (χ2n) is 6.83. The molecule has 2 heterocycles. The summed E-state index contributed by atoms with van der Waals surface area (Å²) in [5.41, 5.74) is 3.28. The van der Waals surface area contributed by atoms with E-state index in [1.54, 1.807) is 19.2 Å². The molecule has 1 atom stereocenters. The van der Waals surface area contributed by atoms with Crippen LogP contribution < -0.4 is 10.1 Å². The Morgan fingerprint density at radius 1 is 1.23 bits per heavy atom. The van der Waals surface area contributed by atoms with Crippen molar-refractivity contribution < 1.29 is 13.7 Å². The van der Waals surface area contributed by atoms with Gasteiger partial charge in [0.1, 0.15) is 11.6 Å². The molecule has 0 amide bonds. The molecule has 8 heteroatoms. The van der Waals surface area contributed by atoms with Crippen molar-refractivity contribution in [1.29, 1.82) is 0 Å². The number of allylic oxidation sites excluding steroid dienone is 1. The van der Waals surface area contributed by atoms with Gasteiger partial charge in [-0.1, -0.05) is 29.4 Å². The van der Waals surface area contributed by atoms with Crippen molar-refractivity contribution in [2.45, 2.75) is 19.9 Å². The third kappa shape index (κ3) is 3.66. The molecule has 0 spiro atoms. The van der Waals surface area contributed by atoms with E-state index in [2.05, 4.69) is 15.5 Å². The number of nitrogens with zero attached hydrogens (tertiary/aromatic N) is 3. The van der Waals surface area contributed by atoms with Crippen molar-refractivity contribution in [2.24, 2.45) is 0 Å². The predicted octanol–water partition coefficient (Wildman–Crippen LogP) is 4.57. The fourth-order valence-electron chi connectivity index (χ4n) is 3.56. The number of ether oxygens (including phenoxy) is 1. The zero-order valence-electron chi connectivity index (χ0n) is 16.8. The van der Waals surface area contributed by atoms with E-state index in [9.17, 15) is 4.39 Å². The maximum absolute atomic E-state index is 13.6. The number of thiocarbonyl (C=S) groups is 1. The van der Waals surface area contributed by atoms with Gasteiger partial charge in [0.15, 0.2) is 5.11 Å². The molecule has 1 aliphatic heterocycles. The third-order valence-electron chi connectivity index (χ3n) is 5.10. The maximum Gasteiger partial charge on any atom is 0.258 e. The highest BCUT2D eigenvalue weighted by Crippen LogP contribution is 2.37. The van der Waals surface area contributed by atoms with Crippen LogP contribution in [0.4, 0.5) is 4.39 Å². The molecule has 1 N–H and O–H groups in total. The molecule has 4 rings (SSSR count). The van der Waals surface area contributed by atoms with E-state index >= 15 is 0 Å². The Bertz CT molecular complexity index is 1110. The Balaban J connectivity index is 1.80. The van der Waals surface area contributed by atoms with E-state index in [4.69, 9.17) is 21.5 Å². The highest BCUT2D eigenvalue weighted by Gasteiger charge is 2.33. The first-order valence-corrected chi connectivity index (χ1v) is 9.95. The van der Waals surface area contributed by atoms with Crippen LogP contribution in [0.15, 0.2) is 58.8 Å². The summed E-state index contributed by atoms with van der Waals surface area (Å²) in [4.78, 5) is 6.54. The summed E-state index contributed by atoms with van der Waals surface area (Å²) in [6.45, 7) is 4.70. The molecule has 0 saturated carbocycles. The number of rotatable bonds is 5. The summed E-state index contributed by atoms with van der Waals surface area (Å²) < 4.78 is 24.5. The van der Waals surface area contributed by atoms with E-state index in [1.165, 1.54) is 12.1 Å². The van der Waals surface area contributed by atoms with Gasteiger partial charge in [0, 0.05) is 17.8 Å². The molecular formula is C22H21FN4O2S. The van der Waals surface area contributed by atoms with Gasteiger partial charge in [-0.25, -0.2) is 4.39 Å². The molecule has 1 aromatic heterocycles. The van der Waals surface area contributed by atoms with Crippen LogP contribution in [0.1, 0.15) is 31.3 Å². The minimum Gasteiger partial charge on any atom is -0.497 e. The second kappa shape index (κ2) is 8.23. The Morgan fingerprint density at radius 3 is 2.67 bits per heavy atom. The van der Waals surface area contributed by atoms with Gasteiger partial charge in [-0.15, -0.1) is 0 Å². The topological polar surface area (TPSA) is 63.4 Å². The lowest BCUT2D eigenvalue weighted by Gasteiger charge is -2.36. The molecule has 0 saturated heterocycles. The van der Waals surface area contributed by atoms with Crippen LogP contribution in [0, 0.1) is 5.82 Å². The lowest BCUT2D eigenvalue weighted by atomic mass is 9.94. The summed E-state index contributed by atoms with van der Waals surface area (Å²) >= 11 is 5.58. The van der Waals surface area contributed by atoms with Crippen LogP contribution in [0.3, 0.4) is 0 Å². The van der Waals surface area contributed by atoms with E-state index in [-0.39, 0.29) is 11.9 Å². The van der Waals surface area contributed by atoms with Gasteiger partial charge in [0.2, 0.25) is 5.82 Å². The molecular weight excluding hydrogens is 403 g/mol. The van der Waals surface area contributed by atoms with Gasteiger partial charge < -0.3 is 19.5 Å². The van der Waals surface area contributed by atoms with Crippen molar-refractivity contribution in [3.8, 4) is 17.1 Å². The molecule has 154 valence electrons. The molecule has 2 aromatic carbocycles. The number of methoxy groups -OCH3 is 1. The lowest BCUT2D eigenvalue weighted by molar-refractivity contribution is 0.398. The standard InChI is InChI=1S/C22H21FN4O2S/c1-4-27-13(2)18(19(24-22(27)30)14-8-10-17(28-3)11-9-14)21-25-20(26-29-21)15-6-5-7-16(23)12-15/h5-12,19H,4H2,1-3H3,(H,24,30). The highest BCUT2D eigenvalue weighted by atomic mass is 32.1.